The van der Waals surface area contributed by atoms with E-state index in [1.54, 1.807) is 0 Å². The lowest BCUT2D eigenvalue weighted by Crippen LogP contribution is -2.47. The van der Waals surface area contributed by atoms with E-state index >= 15 is 0 Å². The molecule has 1 heteroatoms. The van der Waals surface area contributed by atoms with Gasteiger partial charge in [-0.15, -0.1) is 0 Å². The first-order valence-corrected chi connectivity index (χ1v) is 4.45. The van der Waals surface area contributed by atoms with E-state index in [2.05, 4.69) is 19.9 Å². The van der Waals surface area contributed by atoms with E-state index in [1.807, 2.05) is 0 Å². The van der Waals surface area contributed by atoms with Crippen LogP contribution in [0.2, 0.25) is 0 Å². The monoisotopic (exact) mass is 152 g/mol. The Morgan fingerprint density at radius 1 is 1.64 bits per heavy atom. The Morgan fingerprint density at radius 3 is 2.73 bits per heavy atom. The van der Waals surface area contributed by atoms with Crippen LogP contribution in [0.25, 0.3) is 0 Å². The highest BCUT2D eigenvalue weighted by Gasteiger charge is 2.49. The molecule has 0 aromatic carbocycles. The molecule has 1 nitrogen and oxygen atoms in total. The lowest BCUT2D eigenvalue weighted by atomic mass is 9.50. The molecule has 0 saturated heterocycles. The van der Waals surface area contributed by atoms with Crippen molar-refractivity contribution in [2.24, 2.45) is 17.3 Å². The molecule has 0 aromatic heterocycles. The Morgan fingerprint density at radius 2 is 2.36 bits per heavy atom. The van der Waals surface area contributed by atoms with Gasteiger partial charge < -0.3 is 5.11 Å². The molecule has 0 radical (unpaired) electrons. The summed E-state index contributed by atoms with van der Waals surface area (Å²) in [5, 5.41) is 8.93. The van der Waals surface area contributed by atoms with Crippen molar-refractivity contribution in [1.29, 1.82) is 0 Å². The van der Waals surface area contributed by atoms with E-state index in [1.165, 1.54) is 12.0 Å². The minimum atomic E-state index is 0.281. The first-order chi connectivity index (χ1) is 5.14. The fourth-order valence-corrected chi connectivity index (χ4v) is 2.47. The Balaban J connectivity index is 2.19. The van der Waals surface area contributed by atoms with Crippen LogP contribution in [0.5, 0.6) is 0 Å². The summed E-state index contributed by atoms with van der Waals surface area (Å²) in [6.07, 6.45) is 4.79. The molecule has 1 fully saturated rings. The molecule has 0 heterocycles. The highest BCUT2D eigenvalue weighted by atomic mass is 16.3. The maximum Gasteiger partial charge on any atom is 0.0641 e. The second-order valence-corrected chi connectivity index (χ2v) is 4.55. The number of aliphatic hydroxyl groups is 1. The van der Waals surface area contributed by atoms with E-state index in [0.717, 1.165) is 18.3 Å². The first-order valence-electron chi connectivity index (χ1n) is 4.45. The number of rotatable bonds is 1. The van der Waals surface area contributed by atoms with Crippen LogP contribution in [0.1, 0.15) is 26.7 Å². The lowest BCUT2D eigenvalue weighted by Gasteiger charge is -2.55. The minimum Gasteiger partial charge on any atom is -0.392 e. The Labute approximate surface area is 68.1 Å². The lowest BCUT2D eigenvalue weighted by molar-refractivity contribution is -0.00363. The normalized spacial score (nSPS) is 39.4. The van der Waals surface area contributed by atoms with Gasteiger partial charge in [0.2, 0.25) is 0 Å². The topological polar surface area (TPSA) is 20.2 Å². The van der Waals surface area contributed by atoms with Gasteiger partial charge in [-0.3, -0.25) is 0 Å². The number of hydrogen-bond acceptors (Lipinski definition) is 1. The maximum absolute atomic E-state index is 8.93. The quantitative estimate of drug-likeness (QED) is 0.569. The van der Waals surface area contributed by atoms with Crippen molar-refractivity contribution < 1.29 is 5.11 Å². The SMILES string of the molecule is CC1(C)C2C=C(CO)CC1C2. The van der Waals surface area contributed by atoms with Crippen LogP contribution in [0.4, 0.5) is 0 Å². The van der Waals surface area contributed by atoms with Crippen LogP contribution in [0, 0.1) is 17.3 Å². The molecule has 2 atom stereocenters. The summed E-state index contributed by atoms with van der Waals surface area (Å²) in [5.41, 5.74) is 1.80. The Kier molecular flexibility index (Phi) is 1.40. The fraction of sp³-hybridized carbons (Fsp3) is 0.800. The van der Waals surface area contributed by atoms with Crippen molar-refractivity contribution in [3.8, 4) is 0 Å². The average Bonchev–Trinajstić information content (AvgIpc) is 2.04. The smallest absolute Gasteiger partial charge is 0.0641 e. The van der Waals surface area contributed by atoms with Crippen LogP contribution in [-0.2, 0) is 0 Å². The van der Waals surface area contributed by atoms with Crippen LogP contribution >= 0.6 is 0 Å². The van der Waals surface area contributed by atoms with Crippen molar-refractivity contribution in [2.45, 2.75) is 26.7 Å². The summed E-state index contributed by atoms with van der Waals surface area (Å²) in [6, 6.07) is 0. The van der Waals surface area contributed by atoms with Gasteiger partial charge in [-0.25, -0.2) is 0 Å². The van der Waals surface area contributed by atoms with Gasteiger partial charge in [0.15, 0.2) is 0 Å². The summed E-state index contributed by atoms with van der Waals surface area (Å²) >= 11 is 0. The molecular weight excluding hydrogens is 136 g/mol. The van der Waals surface area contributed by atoms with Gasteiger partial charge >= 0.3 is 0 Å². The van der Waals surface area contributed by atoms with Gasteiger partial charge in [0, 0.05) is 0 Å². The zero-order valence-corrected chi connectivity index (χ0v) is 7.30. The Bertz CT molecular complexity index is 203. The molecule has 2 unspecified atom stereocenters. The van der Waals surface area contributed by atoms with Gasteiger partial charge in [-0.1, -0.05) is 19.9 Å². The van der Waals surface area contributed by atoms with Gasteiger partial charge in [-0.2, -0.15) is 0 Å². The van der Waals surface area contributed by atoms with E-state index in [9.17, 15) is 0 Å². The second kappa shape index (κ2) is 2.10. The number of aliphatic hydroxyl groups excluding tert-OH is 1. The van der Waals surface area contributed by atoms with Crippen LogP contribution < -0.4 is 0 Å². The van der Waals surface area contributed by atoms with Crippen LogP contribution in [0.3, 0.4) is 0 Å². The van der Waals surface area contributed by atoms with Gasteiger partial charge in [0.25, 0.3) is 0 Å². The second-order valence-electron chi connectivity index (χ2n) is 4.55. The predicted octanol–water partition coefficient (Wildman–Crippen LogP) is 1.97. The van der Waals surface area contributed by atoms with Gasteiger partial charge in [0.1, 0.15) is 0 Å². The molecular formula is C10H16O. The molecule has 3 aliphatic rings. The van der Waals surface area contributed by atoms with E-state index in [0.29, 0.717) is 5.41 Å². The molecule has 2 bridgehead atoms. The van der Waals surface area contributed by atoms with Crippen molar-refractivity contribution in [3.63, 3.8) is 0 Å². The average molecular weight is 152 g/mol. The summed E-state index contributed by atoms with van der Waals surface area (Å²) in [7, 11) is 0. The van der Waals surface area contributed by atoms with E-state index in [-0.39, 0.29) is 6.61 Å². The molecule has 1 N–H and O–H groups in total. The van der Waals surface area contributed by atoms with E-state index in [4.69, 9.17) is 5.11 Å². The number of hydrogen-bond donors (Lipinski definition) is 1. The molecule has 3 aliphatic carbocycles. The zero-order chi connectivity index (χ0) is 8.06. The summed E-state index contributed by atoms with van der Waals surface area (Å²) in [6.45, 7) is 4.97. The maximum atomic E-state index is 8.93. The first kappa shape index (κ1) is 7.35. The summed E-state index contributed by atoms with van der Waals surface area (Å²) in [4.78, 5) is 0. The highest BCUT2D eigenvalue weighted by Crippen LogP contribution is 2.57. The minimum absolute atomic E-state index is 0.281. The summed E-state index contributed by atoms with van der Waals surface area (Å²) < 4.78 is 0. The van der Waals surface area contributed by atoms with Crippen LogP contribution in [-0.4, -0.2) is 11.7 Å². The van der Waals surface area contributed by atoms with E-state index < -0.39 is 0 Å². The molecule has 0 aliphatic heterocycles. The van der Waals surface area contributed by atoms with Gasteiger partial charge in [-0.05, 0) is 35.7 Å². The third-order valence-electron chi connectivity index (χ3n) is 3.69. The zero-order valence-electron chi connectivity index (χ0n) is 7.30. The molecule has 1 saturated carbocycles. The third kappa shape index (κ3) is 0.871. The molecule has 0 spiro atoms. The standard InChI is InChI=1S/C10H16O/c1-10(2)8-3-7(6-11)4-9(10)5-8/h3,8-9,11H,4-6H2,1-2H3. The predicted molar refractivity (Wildman–Crippen MR) is 45.2 cm³/mol. The molecule has 0 aromatic rings. The molecule has 0 amide bonds. The van der Waals surface area contributed by atoms with Crippen molar-refractivity contribution in [1.82, 2.24) is 0 Å². The van der Waals surface area contributed by atoms with Gasteiger partial charge in [0.05, 0.1) is 6.61 Å². The molecule has 3 rings (SSSR count). The molecule has 62 valence electrons. The largest absolute Gasteiger partial charge is 0.392 e. The third-order valence-corrected chi connectivity index (χ3v) is 3.69. The number of fused-ring (bicyclic) bond motifs is 1. The molecule has 11 heavy (non-hydrogen) atoms. The van der Waals surface area contributed by atoms with Crippen molar-refractivity contribution in [3.05, 3.63) is 11.6 Å². The van der Waals surface area contributed by atoms with Crippen LogP contribution in [0.15, 0.2) is 11.6 Å². The van der Waals surface area contributed by atoms with Crippen molar-refractivity contribution in [2.75, 3.05) is 6.61 Å². The Hall–Kier alpha value is -0.300. The number of allylic oxidation sites excluding steroid dienone is 1. The van der Waals surface area contributed by atoms with Crippen molar-refractivity contribution >= 4 is 0 Å². The fourth-order valence-electron chi connectivity index (χ4n) is 2.47. The summed E-state index contributed by atoms with van der Waals surface area (Å²) in [5.74, 6) is 1.60. The highest BCUT2D eigenvalue weighted by molar-refractivity contribution is 5.21.